The third-order valence-electron chi connectivity index (χ3n) is 1.22. The molecule has 0 aromatic heterocycles. The molecular weight excluding hydrogens is 231 g/mol. The van der Waals surface area contributed by atoms with Crippen molar-refractivity contribution in [3.8, 4) is 0 Å². The van der Waals surface area contributed by atoms with Crippen LogP contribution in [-0.2, 0) is 9.47 Å². The fourth-order valence-corrected chi connectivity index (χ4v) is 0.418. The Morgan fingerprint density at radius 2 is 1.94 bits per heavy atom. The van der Waals surface area contributed by atoms with Crippen LogP contribution in [0.2, 0.25) is 0 Å². The minimum atomic E-state index is -0.366. The monoisotopic (exact) mass is 256 g/mol. The maximum atomic E-state index is 8.62. The molecule has 1 fully saturated rings. The van der Waals surface area contributed by atoms with E-state index in [1.807, 2.05) is 0 Å². The fourth-order valence-electron chi connectivity index (χ4n) is 0.418. The Morgan fingerprint density at radius 3 is 2.12 bits per heavy atom. The van der Waals surface area contributed by atoms with E-state index in [2.05, 4.69) is 20.1 Å². The van der Waals surface area contributed by atoms with Crippen LogP contribution in [0.4, 0.5) is 0 Å². The minimum absolute atomic E-state index is 0. The number of aliphatic hydroxyl groups is 2. The minimum Gasteiger partial charge on any atom is -1.00 e. The molecule has 0 aromatic rings. The second-order valence-electron chi connectivity index (χ2n) is 3.29. The largest absolute Gasteiger partial charge is 1.00 e. The van der Waals surface area contributed by atoms with Crippen molar-refractivity contribution < 1.29 is 50.7 Å². The first kappa shape index (κ1) is 22.5. The molecule has 0 bridgehead atoms. The molecule has 1 heterocycles. The van der Waals surface area contributed by atoms with Crippen molar-refractivity contribution in [3.63, 3.8) is 0 Å². The Morgan fingerprint density at radius 1 is 1.53 bits per heavy atom. The third-order valence-corrected chi connectivity index (χ3v) is 1.22. The van der Waals surface area contributed by atoms with Crippen LogP contribution in [0.3, 0.4) is 0 Å². The van der Waals surface area contributed by atoms with Crippen molar-refractivity contribution in [1.29, 1.82) is 0 Å². The molecule has 1 aliphatic rings. The molecule has 1 saturated heterocycles. The van der Waals surface area contributed by atoms with E-state index in [0.717, 1.165) is 6.61 Å². The van der Waals surface area contributed by atoms with E-state index in [1.165, 1.54) is 6.08 Å². The Balaban J connectivity index is -0.0000000840. The summed E-state index contributed by atoms with van der Waals surface area (Å²) in [5.41, 5.74) is 0. The Bertz CT molecular complexity index is 164. The molecule has 2 atom stereocenters. The van der Waals surface area contributed by atoms with Crippen LogP contribution >= 0.6 is 0 Å². The summed E-state index contributed by atoms with van der Waals surface area (Å²) in [4.78, 5) is 0. The van der Waals surface area contributed by atoms with Gasteiger partial charge in [-0.3, -0.25) is 0 Å². The van der Waals surface area contributed by atoms with Crippen LogP contribution in [0.1, 0.15) is 15.3 Å². The predicted molar refractivity (Wildman–Crippen MR) is 66.5 cm³/mol. The van der Waals surface area contributed by atoms with Gasteiger partial charge in [-0.2, -0.15) is 0 Å². The zero-order valence-electron chi connectivity index (χ0n) is 12.3. The molecule has 0 amide bonds. The van der Waals surface area contributed by atoms with Gasteiger partial charge in [0.1, 0.15) is 0 Å². The molecule has 0 aliphatic carbocycles. The van der Waals surface area contributed by atoms with Gasteiger partial charge in [-0.15, -0.1) is 13.2 Å². The first-order valence-corrected chi connectivity index (χ1v) is 5.28. The van der Waals surface area contributed by atoms with Crippen LogP contribution < -0.4 is 29.6 Å². The van der Waals surface area contributed by atoms with Gasteiger partial charge in [0.2, 0.25) is 0 Å². The summed E-state index contributed by atoms with van der Waals surface area (Å²) < 4.78 is 9.58. The van der Waals surface area contributed by atoms with Gasteiger partial charge >= 0.3 is 29.6 Å². The van der Waals surface area contributed by atoms with Crippen LogP contribution in [0.15, 0.2) is 25.3 Å². The van der Waals surface area contributed by atoms with Gasteiger partial charge in [0.05, 0.1) is 38.6 Å². The summed E-state index contributed by atoms with van der Waals surface area (Å²) in [6, 6.07) is 0. The molecule has 2 N–H and O–H groups in total. The maximum absolute atomic E-state index is 8.62. The summed E-state index contributed by atoms with van der Waals surface area (Å²) in [6.45, 7) is 12.4. The molecule has 5 heteroatoms. The van der Waals surface area contributed by atoms with E-state index in [1.54, 1.807) is 13.0 Å². The average molecular weight is 256 g/mol. The first-order valence-electron chi connectivity index (χ1n) is 5.28. The Hall–Kier alpha value is 0.320. The Kier molecular flexibility index (Phi) is 24.7. The number of aliphatic hydroxyl groups excluding tert-OH is 2. The van der Waals surface area contributed by atoms with Crippen molar-refractivity contribution in [3.05, 3.63) is 25.3 Å². The van der Waals surface area contributed by atoms with Crippen molar-refractivity contribution in [1.82, 2.24) is 0 Å². The molecule has 0 radical (unpaired) electrons. The standard InChI is InChI=1S/C6H12O2.2C3H6O.Na.H/c1-3-4-8-5-6(2)7;1-3-2-4-3;1-2-3-4;;/h3,6-7H,1,4-5H2,2H3;3H,2H2,1H3;2,4H,1,3H2;;/q;;;+1;-1. The zero-order chi connectivity index (χ0) is 12.8. The van der Waals surface area contributed by atoms with Crippen molar-refractivity contribution >= 4 is 0 Å². The summed E-state index contributed by atoms with van der Waals surface area (Å²) in [7, 11) is 0. The van der Waals surface area contributed by atoms with E-state index in [9.17, 15) is 0 Å². The molecular formula is C12H25NaO4. The van der Waals surface area contributed by atoms with E-state index < -0.39 is 0 Å². The molecule has 1 rings (SSSR count). The summed E-state index contributed by atoms with van der Waals surface area (Å²) in [6.07, 6.45) is 3.30. The molecule has 98 valence electrons. The second-order valence-corrected chi connectivity index (χ2v) is 3.29. The Labute approximate surface area is 128 Å². The van der Waals surface area contributed by atoms with Crippen molar-refractivity contribution in [2.45, 2.75) is 26.1 Å². The number of rotatable bonds is 5. The van der Waals surface area contributed by atoms with Gasteiger partial charge in [0.15, 0.2) is 0 Å². The van der Waals surface area contributed by atoms with Crippen molar-refractivity contribution in [2.24, 2.45) is 0 Å². The van der Waals surface area contributed by atoms with E-state index in [-0.39, 0.29) is 43.7 Å². The normalized spacial score (nSPS) is 17.1. The number of epoxide rings is 1. The van der Waals surface area contributed by atoms with E-state index in [0.29, 0.717) is 19.3 Å². The summed E-state index contributed by atoms with van der Waals surface area (Å²) in [5, 5.41) is 16.4. The first-order chi connectivity index (χ1) is 7.58. The second kappa shape index (κ2) is 18.7. The number of hydrogen-bond donors (Lipinski definition) is 2. The van der Waals surface area contributed by atoms with Crippen LogP contribution in [0.25, 0.3) is 0 Å². The topological polar surface area (TPSA) is 62.2 Å². The fraction of sp³-hybridized carbons (Fsp3) is 0.667. The van der Waals surface area contributed by atoms with E-state index >= 15 is 0 Å². The molecule has 17 heavy (non-hydrogen) atoms. The molecule has 0 saturated carbocycles. The zero-order valence-corrected chi connectivity index (χ0v) is 13.3. The van der Waals surface area contributed by atoms with Crippen LogP contribution in [0, 0.1) is 0 Å². The molecule has 2 unspecified atom stereocenters. The van der Waals surface area contributed by atoms with E-state index in [4.69, 9.17) is 19.7 Å². The van der Waals surface area contributed by atoms with Gasteiger partial charge < -0.3 is 21.1 Å². The summed E-state index contributed by atoms with van der Waals surface area (Å²) >= 11 is 0. The number of hydrogen-bond acceptors (Lipinski definition) is 4. The predicted octanol–water partition coefficient (Wildman–Crippen LogP) is -1.74. The van der Waals surface area contributed by atoms with Crippen molar-refractivity contribution in [2.75, 3.05) is 26.4 Å². The smallest absolute Gasteiger partial charge is 1.00 e. The maximum Gasteiger partial charge on any atom is 1.00 e. The quantitative estimate of drug-likeness (QED) is 0.265. The SMILES string of the molecule is C=CCO.C=CCOCC(C)O.CC1CO1.[H-].[Na+]. The van der Waals surface area contributed by atoms with Gasteiger partial charge in [-0.05, 0) is 13.8 Å². The van der Waals surface area contributed by atoms with Gasteiger partial charge in [-0.1, -0.05) is 12.2 Å². The molecule has 0 spiro atoms. The average Bonchev–Trinajstić information content (AvgIpc) is 3.02. The van der Waals surface area contributed by atoms with Gasteiger partial charge in [0, 0.05) is 0 Å². The van der Waals surface area contributed by atoms with Crippen LogP contribution in [0.5, 0.6) is 0 Å². The number of ether oxygens (including phenoxy) is 2. The van der Waals surface area contributed by atoms with Gasteiger partial charge in [-0.25, -0.2) is 0 Å². The molecule has 1 aliphatic heterocycles. The molecule has 0 aromatic carbocycles. The summed E-state index contributed by atoms with van der Waals surface area (Å²) in [5.74, 6) is 0. The van der Waals surface area contributed by atoms with Crippen LogP contribution in [-0.4, -0.2) is 48.8 Å². The van der Waals surface area contributed by atoms with Gasteiger partial charge in [0.25, 0.3) is 0 Å². The third kappa shape index (κ3) is 38.5. The molecule has 4 nitrogen and oxygen atoms in total.